The molecule has 0 fully saturated rings. The van der Waals surface area contributed by atoms with Crippen molar-refractivity contribution in [3.8, 4) is 11.1 Å². The fourth-order valence-electron chi connectivity index (χ4n) is 5.66. The number of pyridine rings is 1. The van der Waals surface area contributed by atoms with Crippen LogP contribution in [0.4, 0.5) is 22.0 Å². The van der Waals surface area contributed by atoms with Crippen molar-refractivity contribution in [1.82, 2.24) is 18.9 Å². The summed E-state index contributed by atoms with van der Waals surface area (Å²) in [5.74, 6) is -2.06. The quantitative estimate of drug-likeness (QED) is 0.0927. The molecule has 0 aliphatic heterocycles. The van der Waals surface area contributed by atoms with Gasteiger partial charge in [-0.25, -0.2) is 8.78 Å². The van der Waals surface area contributed by atoms with Crippen molar-refractivity contribution in [3.63, 3.8) is 0 Å². The highest BCUT2D eigenvalue weighted by molar-refractivity contribution is 7.98. The highest BCUT2D eigenvalue weighted by Gasteiger charge is 2.30. The summed E-state index contributed by atoms with van der Waals surface area (Å²) in [4.78, 5) is 31.2. The number of aromatic nitrogens is 2. The summed E-state index contributed by atoms with van der Waals surface area (Å²) < 4.78 is 71.0. The maximum Gasteiger partial charge on any atom is 0.416 e. The average Bonchev–Trinajstić information content (AvgIpc) is 3.48. The number of carbonyl (C=O) groups is 1. The second-order valence-electron chi connectivity index (χ2n) is 11.8. The van der Waals surface area contributed by atoms with E-state index < -0.39 is 23.4 Å². The standard InChI is InChI=1S/C37H37F5N4O2S/c1-4-44(5-2)17-18-45(20-25-9-11-26(12-10-25)27-13-15-29(16-14-27)37(40,41)42)34(48)23-46-32-22-43(3)21-30(32)33(47)19-35(46)49-24-28-7-6-8-31(38)36(28)39/h6-16,19,21-22H,4-5,17-18,20,23-24H2,1-3H3. The molecule has 2 aromatic heterocycles. The molecule has 6 nitrogen and oxygen atoms in total. The number of carbonyl (C=O) groups excluding carboxylic acids is 1. The summed E-state index contributed by atoms with van der Waals surface area (Å²) in [6.45, 7) is 6.95. The van der Waals surface area contributed by atoms with Gasteiger partial charge in [0.2, 0.25) is 5.91 Å². The summed E-state index contributed by atoms with van der Waals surface area (Å²) in [5, 5.41) is 0.885. The number of aryl methyl sites for hydroxylation is 1. The molecule has 5 rings (SSSR count). The Morgan fingerprint density at radius 3 is 2.16 bits per heavy atom. The third kappa shape index (κ3) is 8.60. The van der Waals surface area contributed by atoms with Crippen LogP contribution >= 0.6 is 11.8 Å². The predicted molar refractivity (Wildman–Crippen MR) is 183 cm³/mol. The van der Waals surface area contributed by atoms with E-state index in [0.717, 1.165) is 54.2 Å². The lowest BCUT2D eigenvalue weighted by molar-refractivity contribution is -0.137. The number of rotatable bonds is 13. The van der Waals surface area contributed by atoms with Gasteiger partial charge in [-0.1, -0.05) is 62.4 Å². The Morgan fingerprint density at radius 2 is 1.53 bits per heavy atom. The van der Waals surface area contributed by atoms with Crippen LogP contribution < -0.4 is 5.43 Å². The second-order valence-corrected chi connectivity index (χ2v) is 12.8. The van der Waals surface area contributed by atoms with Crippen LogP contribution in [-0.2, 0) is 36.9 Å². The van der Waals surface area contributed by atoms with Crippen molar-refractivity contribution in [1.29, 1.82) is 0 Å². The van der Waals surface area contributed by atoms with E-state index in [1.54, 1.807) is 33.5 Å². The van der Waals surface area contributed by atoms with Crippen LogP contribution in [0, 0.1) is 11.6 Å². The van der Waals surface area contributed by atoms with Gasteiger partial charge in [0.15, 0.2) is 17.1 Å². The normalized spacial score (nSPS) is 11.9. The van der Waals surface area contributed by atoms with Gasteiger partial charge in [0.05, 0.1) is 21.5 Å². The van der Waals surface area contributed by atoms with E-state index in [1.165, 1.54) is 30.3 Å². The third-order valence-electron chi connectivity index (χ3n) is 8.52. The molecule has 0 saturated carbocycles. The van der Waals surface area contributed by atoms with E-state index in [2.05, 4.69) is 4.90 Å². The number of thioether (sulfide) groups is 1. The number of amides is 1. The van der Waals surface area contributed by atoms with E-state index in [-0.39, 0.29) is 35.7 Å². The molecule has 0 radical (unpaired) electrons. The summed E-state index contributed by atoms with van der Waals surface area (Å²) in [6, 6.07) is 17.7. The predicted octanol–water partition coefficient (Wildman–Crippen LogP) is 7.97. The Kier molecular flexibility index (Phi) is 11.3. The minimum atomic E-state index is -4.41. The molecule has 3 aromatic carbocycles. The molecule has 12 heteroatoms. The van der Waals surface area contributed by atoms with Crippen molar-refractivity contribution in [3.05, 3.63) is 124 Å². The van der Waals surface area contributed by atoms with Gasteiger partial charge in [0.25, 0.3) is 0 Å². The smallest absolute Gasteiger partial charge is 0.354 e. The number of fused-ring (bicyclic) bond motifs is 1. The molecular weight excluding hydrogens is 659 g/mol. The van der Waals surface area contributed by atoms with E-state index in [4.69, 9.17) is 0 Å². The van der Waals surface area contributed by atoms with Crippen molar-refractivity contribution in [2.45, 2.75) is 43.9 Å². The zero-order chi connectivity index (χ0) is 35.3. The van der Waals surface area contributed by atoms with E-state index in [9.17, 15) is 31.5 Å². The first-order valence-corrected chi connectivity index (χ1v) is 16.9. The lowest BCUT2D eigenvalue weighted by atomic mass is 10.0. The van der Waals surface area contributed by atoms with E-state index >= 15 is 0 Å². The molecular formula is C37H37F5N4O2S. The van der Waals surface area contributed by atoms with Crippen molar-refractivity contribution in [2.24, 2.45) is 7.05 Å². The Morgan fingerprint density at radius 1 is 0.878 bits per heavy atom. The molecule has 0 aliphatic carbocycles. The Hall–Kier alpha value is -4.42. The number of alkyl halides is 3. The summed E-state index contributed by atoms with van der Waals surface area (Å²) in [5.41, 5.74) is 1.96. The van der Waals surface area contributed by atoms with Crippen LogP contribution in [0.5, 0.6) is 0 Å². The van der Waals surface area contributed by atoms with Crippen LogP contribution in [0.3, 0.4) is 0 Å². The van der Waals surface area contributed by atoms with Gasteiger partial charge in [0.1, 0.15) is 6.54 Å². The Labute approximate surface area is 285 Å². The molecule has 5 aromatic rings. The summed E-state index contributed by atoms with van der Waals surface area (Å²) in [7, 11) is 1.78. The number of hydrogen-bond donors (Lipinski definition) is 0. The van der Waals surface area contributed by atoms with Gasteiger partial charge in [-0.2, -0.15) is 13.2 Å². The minimum Gasteiger partial charge on any atom is -0.354 e. The molecule has 0 saturated heterocycles. The molecule has 0 atom stereocenters. The van der Waals surface area contributed by atoms with Crippen LogP contribution in [0.2, 0.25) is 0 Å². The van der Waals surface area contributed by atoms with Crippen molar-refractivity contribution >= 4 is 28.6 Å². The van der Waals surface area contributed by atoms with Gasteiger partial charge in [-0.15, -0.1) is 11.8 Å². The van der Waals surface area contributed by atoms with Gasteiger partial charge < -0.3 is 18.9 Å². The zero-order valence-corrected chi connectivity index (χ0v) is 28.3. The molecule has 1 amide bonds. The number of nitrogens with zero attached hydrogens (tertiary/aromatic N) is 4. The lowest BCUT2D eigenvalue weighted by Crippen LogP contribution is -2.40. The third-order valence-corrected chi connectivity index (χ3v) is 9.61. The van der Waals surface area contributed by atoms with Gasteiger partial charge in [-0.05, 0) is 48.0 Å². The second kappa shape index (κ2) is 15.4. The number of halogens is 5. The zero-order valence-electron chi connectivity index (χ0n) is 27.4. The molecule has 0 unspecified atom stereocenters. The SMILES string of the molecule is CCN(CC)CCN(Cc1ccc(-c2ccc(C(F)(F)F)cc2)cc1)C(=O)Cn1c(SCc2cccc(F)c2F)cc(=O)c2cn(C)cc21. The lowest BCUT2D eigenvalue weighted by Gasteiger charge is -2.28. The molecule has 49 heavy (non-hydrogen) atoms. The molecule has 0 aliphatic rings. The molecule has 0 spiro atoms. The molecule has 0 N–H and O–H groups in total. The van der Waals surface area contributed by atoms with Gasteiger partial charge in [-0.3, -0.25) is 9.59 Å². The first-order valence-electron chi connectivity index (χ1n) is 15.9. The van der Waals surface area contributed by atoms with Crippen molar-refractivity contribution in [2.75, 3.05) is 26.2 Å². The minimum absolute atomic E-state index is 0.0481. The molecule has 2 heterocycles. The molecule has 258 valence electrons. The fourth-order valence-corrected chi connectivity index (χ4v) is 6.69. The Bertz CT molecular complexity index is 1970. The maximum atomic E-state index is 14.5. The molecule has 0 bridgehead atoms. The Balaban J connectivity index is 1.42. The summed E-state index contributed by atoms with van der Waals surface area (Å²) in [6.07, 6.45) is -0.962. The van der Waals surface area contributed by atoms with Crippen LogP contribution in [0.25, 0.3) is 22.0 Å². The first kappa shape index (κ1) is 35.9. The highest BCUT2D eigenvalue weighted by atomic mass is 32.2. The first-order chi connectivity index (χ1) is 23.4. The van der Waals surface area contributed by atoms with E-state index in [1.807, 2.05) is 38.1 Å². The van der Waals surface area contributed by atoms with Crippen LogP contribution in [0.15, 0.2) is 95.0 Å². The van der Waals surface area contributed by atoms with Gasteiger partial charge >= 0.3 is 6.18 Å². The fraction of sp³-hybridized carbons (Fsp3) is 0.297. The largest absolute Gasteiger partial charge is 0.416 e. The number of hydrogen-bond acceptors (Lipinski definition) is 4. The van der Waals surface area contributed by atoms with Crippen molar-refractivity contribution < 1.29 is 26.7 Å². The van der Waals surface area contributed by atoms with Crippen LogP contribution in [-0.4, -0.2) is 51.0 Å². The van der Waals surface area contributed by atoms with Gasteiger partial charge in [0, 0.05) is 56.5 Å². The average molecular weight is 697 g/mol. The topological polar surface area (TPSA) is 50.5 Å². The number of likely N-dealkylation sites (N-methyl/N-ethyl adjacent to an activating group) is 1. The monoisotopic (exact) mass is 696 g/mol. The maximum absolute atomic E-state index is 14.5. The summed E-state index contributed by atoms with van der Waals surface area (Å²) >= 11 is 1.15. The highest BCUT2D eigenvalue weighted by Crippen LogP contribution is 2.31. The van der Waals surface area contributed by atoms with Crippen LogP contribution in [0.1, 0.15) is 30.5 Å². The number of benzene rings is 3. The van der Waals surface area contributed by atoms with E-state index in [0.29, 0.717) is 34.6 Å².